The zero-order valence-corrected chi connectivity index (χ0v) is 70.3. The fourth-order valence-electron chi connectivity index (χ4n) is 16.9. The van der Waals surface area contributed by atoms with Gasteiger partial charge in [0.15, 0.2) is 0 Å². The number of allylic oxidation sites excluding steroid dienone is 4. The predicted molar refractivity (Wildman–Crippen MR) is 532 cm³/mol. The fraction of sp³-hybridized carbons (Fsp3) is 0. The highest BCUT2D eigenvalue weighted by molar-refractivity contribution is 6.50. The van der Waals surface area contributed by atoms with Crippen molar-refractivity contribution in [1.29, 1.82) is 5.41 Å². The lowest BCUT2D eigenvalue weighted by Gasteiger charge is -2.26. The minimum absolute atomic E-state index is 0.375. The molecule has 0 saturated carbocycles. The molecule has 1 aliphatic carbocycles. The Labute approximate surface area is 751 Å². The van der Waals surface area contributed by atoms with Crippen LogP contribution in [-0.2, 0) is 0 Å². The standard InChI is InChI=1S/C114H80N16/c115-107-27-13-14-28-108(107)117-116-90-53-36-81(37-54-90)84-42-59-97(60-43-84)124(91-18-5-1-6-19-91)95-55-38-82(39-56-95)79-32-34-80(35-33-79)83-40-57-96(58-41-83)125(92-20-7-2-8-21-92)98-61-48-87(49-62-98)88-50-67-103(68-51-88)130-121-112-31-17-26-106(114(112)123-130)89-52-77-111-113(78-89)122-129(120-111)105-75-71-102(72-76-105)127(94-24-11-4-12-25-94)100-65-46-86(47-66-100)85-44-63-99(64-45-85)126(93-22-9-3-10-23-93)101-69-73-104(74-70-101)128-118-109-29-15-16-30-110(109)119-128/h1-78,115-116H/b115-107?,117-108-. The van der Waals surface area contributed by atoms with Gasteiger partial charge >= 0.3 is 0 Å². The Morgan fingerprint density at radius 2 is 0.469 bits per heavy atom. The third-order valence-corrected chi connectivity index (χ3v) is 23.6. The summed E-state index contributed by atoms with van der Waals surface area (Å²) in [6.45, 7) is 0. The summed E-state index contributed by atoms with van der Waals surface area (Å²) in [6.07, 6.45) is 7.28. The maximum Gasteiger partial charge on any atom is 0.121 e. The molecule has 616 valence electrons. The second-order valence-electron chi connectivity index (χ2n) is 31.8. The Morgan fingerprint density at radius 3 is 0.823 bits per heavy atom. The number of rotatable bonds is 23. The van der Waals surface area contributed by atoms with Crippen LogP contribution < -0.4 is 25.0 Å². The molecule has 130 heavy (non-hydrogen) atoms. The summed E-state index contributed by atoms with van der Waals surface area (Å²) in [7, 11) is 0. The Balaban J connectivity index is 0.452. The lowest BCUT2D eigenvalue weighted by Crippen LogP contribution is -2.11. The first-order valence-electron chi connectivity index (χ1n) is 43.2. The number of benzene rings is 18. The van der Waals surface area contributed by atoms with Gasteiger partial charge in [0.05, 0.1) is 28.5 Å². The molecular weight excluding hydrogens is 1590 g/mol. The van der Waals surface area contributed by atoms with Crippen LogP contribution in [0.15, 0.2) is 478 Å². The number of aromatic nitrogens is 9. The van der Waals surface area contributed by atoms with E-state index in [1.165, 1.54) is 0 Å². The lowest BCUT2D eigenvalue weighted by atomic mass is 9.99. The molecule has 0 atom stereocenters. The molecule has 0 unspecified atom stereocenters. The van der Waals surface area contributed by atoms with E-state index in [2.05, 4.69) is 412 Å². The first-order chi connectivity index (χ1) is 64.3. The number of anilines is 13. The van der Waals surface area contributed by atoms with E-state index in [0.29, 0.717) is 11.4 Å². The molecular formula is C114H80N16. The van der Waals surface area contributed by atoms with Crippen LogP contribution in [0.4, 0.5) is 73.9 Å². The number of hydrazone groups is 1. The van der Waals surface area contributed by atoms with E-state index in [1.54, 1.807) is 20.5 Å². The number of fused-ring (bicyclic) bond motifs is 3. The quantitative estimate of drug-likeness (QED) is 0.0465. The van der Waals surface area contributed by atoms with Crippen LogP contribution in [0.25, 0.3) is 117 Å². The van der Waals surface area contributed by atoms with Gasteiger partial charge in [0.2, 0.25) is 0 Å². The van der Waals surface area contributed by atoms with E-state index in [-0.39, 0.29) is 0 Å². The Morgan fingerprint density at radius 1 is 0.215 bits per heavy atom. The summed E-state index contributed by atoms with van der Waals surface area (Å²) in [4.78, 5) is 14.2. The molecule has 18 aromatic carbocycles. The van der Waals surface area contributed by atoms with Crippen LogP contribution in [0, 0.1) is 5.41 Å². The van der Waals surface area contributed by atoms with Crippen LogP contribution in [0.2, 0.25) is 0 Å². The highest BCUT2D eigenvalue weighted by Gasteiger charge is 2.22. The average molecular weight is 1670 g/mol. The molecule has 21 aromatic rings. The van der Waals surface area contributed by atoms with Gasteiger partial charge in [-0.2, -0.15) is 19.5 Å². The van der Waals surface area contributed by atoms with Crippen LogP contribution in [0.5, 0.6) is 0 Å². The zero-order valence-electron chi connectivity index (χ0n) is 70.3. The largest absolute Gasteiger partial charge is 0.311 e. The highest BCUT2D eigenvalue weighted by Crippen LogP contribution is 2.44. The maximum atomic E-state index is 8.12. The number of hydrogen-bond donors (Lipinski definition) is 2. The van der Waals surface area contributed by atoms with Gasteiger partial charge in [0.1, 0.15) is 38.8 Å². The summed E-state index contributed by atoms with van der Waals surface area (Å²) in [5.41, 5.74) is 37.9. The van der Waals surface area contributed by atoms with E-state index < -0.39 is 0 Å². The molecule has 3 aromatic heterocycles. The monoisotopic (exact) mass is 1670 g/mol. The van der Waals surface area contributed by atoms with Gasteiger partial charge in [-0.25, -0.2) is 0 Å². The Kier molecular flexibility index (Phi) is 20.8. The van der Waals surface area contributed by atoms with Crippen molar-refractivity contribution in [2.75, 3.05) is 25.0 Å². The van der Waals surface area contributed by atoms with Gasteiger partial charge in [-0.3, -0.25) is 10.8 Å². The van der Waals surface area contributed by atoms with E-state index in [0.717, 1.165) is 191 Å². The third kappa shape index (κ3) is 16.0. The van der Waals surface area contributed by atoms with Gasteiger partial charge < -0.3 is 19.6 Å². The molecule has 0 amide bonds. The molecule has 2 N–H and O–H groups in total. The summed E-state index contributed by atoms with van der Waals surface area (Å²) < 4.78 is 0. The van der Waals surface area contributed by atoms with Crippen molar-refractivity contribution in [2.45, 2.75) is 0 Å². The van der Waals surface area contributed by atoms with Gasteiger partial charge in [-0.1, -0.05) is 237 Å². The normalized spacial score (nSPS) is 12.1. The topological polar surface area (TPSA) is 153 Å². The Bertz CT molecular complexity index is 7690. The molecule has 16 heteroatoms. The summed E-state index contributed by atoms with van der Waals surface area (Å²) in [5, 5.41) is 42.1. The van der Waals surface area contributed by atoms with Crippen molar-refractivity contribution < 1.29 is 0 Å². The summed E-state index contributed by atoms with van der Waals surface area (Å²) in [6, 6.07) is 157. The summed E-state index contributed by atoms with van der Waals surface area (Å²) in [5.74, 6) is 0. The predicted octanol–water partition coefficient (Wildman–Crippen LogP) is 28.7. The van der Waals surface area contributed by atoms with Gasteiger partial charge in [-0.15, -0.1) is 30.6 Å². The van der Waals surface area contributed by atoms with E-state index in [4.69, 9.17) is 36.0 Å². The highest BCUT2D eigenvalue weighted by atomic mass is 15.5. The number of hydrogen-bond acceptors (Lipinski definition) is 13. The molecule has 0 bridgehead atoms. The molecule has 0 saturated heterocycles. The van der Waals surface area contributed by atoms with Crippen molar-refractivity contribution in [3.05, 3.63) is 473 Å². The first kappa shape index (κ1) is 78.0. The van der Waals surface area contributed by atoms with E-state index in [9.17, 15) is 0 Å². The van der Waals surface area contributed by atoms with Crippen molar-refractivity contribution in [1.82, 2.24) is 45.0 Å². The number of para-hydroxylation sites is 4. The number of nitrogens with one attached hydrogen (secondary N) is 2. The molecule has 22 rings (SSSR count). The van der Waals surface area contributed by atoms with Crippen molar-refractivity contribution in [3.63, 3.8) is 0 Å². The second-order valence-corrected chi connectivity index (χ2v) is 31.8. The van der Waals surface area contributed by atoms with Crippen LogP contribution in [0.1, 0.15) is 0 Å². The van der Waals surface area contributed by atoms with Crippen LogP contribution in [-0.4, -0.2) is 56.4 Å². The maximum absolute atomic E-state index is 8.12. The third-order valence-electron chi connectivity index (χ3n) is 23.6. The Hall–Kier alpha value is -18.0. The van der Waals surface area contributed by atoms with Gasteiger partial charge in [-0.05, 0) is 298 Å². The van der Waals surface area contributed by atoms with E-state index >= 15 is 0 Å². The average Bonchev–Trinajstić information content (AvgIpc) is 1.69. The smallest absolute Gasteiger partial charge is 0.121 e. The molecule has 0 aliphatic heterocycles. The lowest BCUT2D eigenvalue weighted by molar-refractivity contribution is 0.765. The summed E-state index contributed by atoms with van der Waals surface area (Å²) >= 11 is 0. The molecule has 0 radical (unpaired) electrons. The molecule has 3 heterocycles. The van der Waals surface area contributed by atoms with Crippen LogP contribution >= 0.6 is 0 Å². The second kappa shape index (κ2) is 34.6. The van der Waals surface area contributed by atoms with Crippen molar-refractivity contribution in [2.24, 2.45) is 5.10 Å². The number of nitrogens with zero attached hydrogens (tertiary/aromatic N) is 14. The zero-order chi connectivity index (χ0) is 86.6. The van der Waals surface area contributed by atoms with Crippen molar-refractivity contribution in [3.8, 4) is 83.8 Å². The molecule has 0 spiro atoms. The van der Waals surface area contributed by atoms with Gasteiger partial charge in [0, 0.05) is 73.8 Å². The fourth-order valence-corrected chi connectivity index (χ4v) is 16.9. The first-order valence-corrected chi connectivity index (χ1v) is 43.2. The molecule has 16 nitrogen and oxygen atoms in total. The molecule has 1 aliphatic rings. The minimum atomic E-state index is 0.375. The van der Waals surface area contributed by atoms with Crippen molar-refractivity contribution >= 4 is 118 Å². The minimum Gasteiger partial charge on any atom is -0.311 e. The van der Waals surface area contributed by atoms with Crippen LogP contribution in [0.3, 0.4) is 0 Å². The van der Waals surface area contributed by atoms with E-state index in [1.807, 2.05) is 85.0 Å². The van der Waals surface area contributed by atoms with Gasteiger partial charge in [0.25, 0.3) is 0 Å². The SMILES string of the molecule is N=C1C=CC=C/C1=N/Nc1ccc(-c2ccc(N(c3ccccc3)c3ccc(-c4ccc(-c5ccc(N(c6ccccc6)c6ccc(-c7ccc(-n8nc9cccc(-c%10ccc%11nn(-c%12ccc(N(c%13ccccc%13)c%13ccc(-c%14ccc(N(c%15ccccc%15)c%15ccc(-n%16nc%17ccccc%17n%16)cc%15)cc%14)cc%13)cc%12)nc%11c%10)c9n8)cc7)cc6)cc5)cc4)cc3)cc2)cc1. The molecule has 0 fully saturated rings.